The van der Waals surface area contributed by atoms with Crippen LogP contribution in [0.2, 0.25) is 0 Å². The molecule has 11 heteroatoms. The van der Waals surface area contributed by atoms with E-state index in [-0.39, 0.29) is 22.7 Å². The highest BCUT2D eigenvalue weighted by Crippen LogP contribution is 2.33. The van der Waals surface area contributed by atoms with Gasteiger partial charge in [0.2, 0.25) is 0 Å². The highest BCUT2D eigenvalue weighted by Gasteiger charge is 2.38. The molecule has 2 aromatic rings. The molecule has 1 atom stereocenters. The quantitative estimate of drug-likeness (QED) is 0.598. The number of thioether (sulfide) groups is 1. The van der Waals surface area contributed by atoms with Gasteiger partial charge in [-0.2, -0.15) is 18.3 Å². The average Bonchev–Trinajstić information content (AvgIpc) is 2.79. The minimum absolute atomic E-state index is 0.0226. The van der Waals surface area contributed by atoms with Crippen molar-refractivity contribution in [2.75, 3.05) is 19.5 Å². The van der Waals surface area contributed by atoms with Crippen molar-refractivity contribution in [3.05, 3.63) is 53.6 Å². The molecule has 2 amide bonds. The Bertz CT molecular complexity index is 1080. The van der Waals surface area contributed by atoms with Crippen LogP contribution in [0.4, 0.5) is 23.7 Å². The molecule has 0 saturated heterocycles. The van der Waals surface area contributed by atoms with Gasteiger partial charge in [-0.15, -0.1) is 0 Å². The molecule has 3 rings (SSSR count). The number of nitrogens with one attached hydrogen (secondary N) is 1. The molecule has 7 nitrogen and oxygen atoms in total. The summed E-state index contributed by atoms with van der Waals surface area (Å²) in [5.41, 5.74) is 1.91. The Morgan fingerprint density at radius 2 is 1.88 bits per heavy atom. The largest absolute Gasteiger partial charge is 0.493 e. The highest BCUT2D eigenvalue weighted by atomic mass is 32.2. The van der Waals surface area contributed by atoms with Gasteiger partial charge in [-0.25, -0.2) is 5.01 Å². The van der Waals surface area contributed by atoms with E-state index < -0.39 is 12.1 Å². The SMILES string of the molecule is CCC1SC(=O)N(Cc2cccc(NC(=O)C(F)(F)F)c2)N=C1c1ccc(OC)c(OC)c1. The molecule has 1 heterocycles. The zero-order chi connectivity index (χ0) is 24.2. The predicted octanol–water partition coefficient (Wildman–Crippen LogP) is 5.06. The van der Waals surface area contributed by atoms with Crippen molar-refractivity contribution in [3.63, 3.8) is 0 Å². The summed E-state index contributed by atoms with van der Waals surface area (Å²) >= 11 is 1.12. The van der Waals surface area contributed by atoms with E-state index in [1.807, 2.05) is 18.3 Å². The molecule has 1 unspecified atom stereocenters. The fraction of sp³-hybridized carbons (Fsp3) is 0.318. The molecule has 0 saturated carbocycles. The van der Waals surface area contributed by atoms with Gasteiger partial charge in [0.25, 0.3) is 0 Å². The Kier molecular flexibility index (Phi) is 7.52. The Morgan fingerprint density at radius 3 is 2.52 bits per heavy atom. The zero-order valence-corrected chi connectivity index (χ0v) is 18.9. The molecular weight excluding hydrogens is 459 g/mol. The second-order valence-electron chi connectivity index (χ2n) is 7.05. The van der Waals surface area contributed by atoms with Crippen molar-refractivity contribution in [1.29, 1.82) is 0 Å². The van der Waals surface area contributed by atoms with Crippen LogP contribution in [0.5, 0.6) is 11.5 Å². The van der Waals surface area contributed by atoms with E-state index in [2.05, 4.69) is 5.10 Å². The number of ether oxygens (including phenoxy) is 2. The first kappa shape index (κ1) is 24.4. The van der Waals surface area contributed by atoms with Crippen LogP contribution in [0, 0.1) is 0 Å². The van der Waals surface area contributed by atoms with Crippen molar-refractivity contribution < 1.29 is 32.2 Å². The van der Waals surface area contributed by atoms with Crippen LogP contribution in [-0.2, 0) is 11.3 Å². The number of hydrazone groups is 1. The number of hydrogen-bond donors (Lipinski definition) is 1. The summed E-state index contributed by atoms with van der Waals surface area (Å²) in [6.07, 6.45) is -4.33. The fourth-order valence-corrected chi connectivity index (χ4v) is 4.14. The van der Waals surface area contributed by atoms with Gasteiger partial charge in [0.15, 0.2) is 11.5 Å². The topological polar surface area (TPSA) is 80.2 Å². The smallest absolute Gasteiger partial charge is 0.471 e. The molecule has 1 aliphatic rings. The molecule has 0 radical (unpaired) electrons. The Hall–Kier alpha value is -3.21. The Morgan fingerprint density at radius 1 is 1.15 bits per heavy atom. The van der Waals surface area contributed by atoms with Gasteiger partial charge in [-0.1, -0.05) is 30.8 Å². The minimum Gasteiger partial charge on any atom is -0.493 e. The minimum atomic E-state index is -5.00. The van der Waals surface area contributed by atoms with E-state index in [1.165, 1.54) is 37.4 Å². The van der Waals surface area contributed by atoms with Crippen LogP contribution >= 0.6 is 11.8 Å². The molecule has 0 bridgehead atoms. The predicted molar refractivity (Wildman–Crippen MR) is 120 cm³/mol. The molecule has 176 valence electrons. The first-order valence-corrected chi connectivity index (χ1v) is 10.8. The van der Waals surface area contributed by atoms with Crippen LogP contribution in [-0.4, -0.2) is 47.5 Å². The van der Waals surface area contributed by atoms with Gasteiger partial charge in [-0.05, 0) is 42.3 Å². The lowest BCUT2D eigenvalue weighted by atomic mass is 10.0. The van der Waals surface area contributed by atoms with E-state index in [0.29, 0.717) is 29.2 Å². The van der Waals surface area contributed by atoms with E-state index >= 15 is 0 Å². The molecule has 0 spiro atoms. The normalized spacial score (nSPS) is 16.3. The van der Waals surface area contributed by atoms with Gasteiger partial charge >= 0.3 is 17.3 Å². The van der Waals surface area contributed by atoms with Gasteiger partial charge < -0.3 is 14.8 Å². The summed E-state index contributed by atoms with van der Waals surface area (Å²) in [6.45, 7) is 1.97. The number of methoxy groups -OCH3 is 2. The molecule has 0 aromatic heterocycles. The van der Waals surface area contributed by atoms with E-state index in [1.54, 1.807) is 18.2 Å². The third kappa shape index (κ3) is 5.78. The maximum atomic E-state index is 12.7. The third-order valence-electron chi connectivity index (χ3n) is 4.81. The molecular formula is C22H22F3N3O4S. The van der Waals surface area contributed by atoms with Gasteiger partial charge in [-0.3, -0.25) is 9.59 Å². The van der Waals surface area contributed by atoms with Gasteiger partial charge in [0, 0.05) is 11.3 Å². The lowest BCUT2D eigenvalue weighted by Crippen LogP contribution is -2.34. The third-order valence-corrected chi connectivity index (χ3v) is 6.07. The number of amides is 2. The van der Waals surface area contributed by atoms with Crippen LogP contribution in [0.1, 0.15) is 24.5 Å². The van der Waals surface area contributed by atoms with Crippen LogP contribution in [0.3, 0.4) is 0 Å². The summed E-state index contributed by atoms with van der Waals surface area (Å²) in [5.74, 6) is -0.984. The number of halogens is 3. The lowest BCUT2D eigenvalue weighted by molar-refractivity contribution is -0.167. The summed E-state index contributed by atoms with van der Waals surface area (Å²) in [7, 11) is 3.06. The Balaban J connectivity index is 1.88. The number of carbonyl (C=O) groups excluding carboxylic acids is 2. The van der Waals surface area contributed by atoms with Crippen LogP contribution in [0.15, 0.2) is 47.6 Å². The van der Waals surface area contributed by atoms with Crippen molar-refractivity contribution in [3.8, 4) is 11.5 Å². The highest BCUT2D eigenvalue weighted by molar-refractivity contribution is 8.14. The maximum absolute atomic E-state index is 12.7. The maximum Gasteiger partial charge on any atom is 0.471 e. The fourth-order valence-electron chi connectivity index (χ4n) is 3.21. The number of carbonyl (C=O) groups is 2. The lowest BCUT2D eigenvalue weighted by Gasteiger charge is -2.28. The number of hydrogen-bond acceptors (Lipinski definition) is 6. The Labute approximate surface area is 192 Å². The van der Waals surface area contributed by atoms with Crippen molar-refractivity contribution in [2.45, 2.75) is 31.3 Å². The number of alkyl halides is 3. The number of benzene rings is 2. The van der Waals surface area contributed by atoms with E-state index in [4.69, 9.17) is 9.47 Å². The summed E-state index contributed by atoms with van der Waals surface area (Å²) < 4.78 is 48.2. The first-order chi connectivity index (χ1) is 15.7. The summed E-state index contributed by atoms with van der Waals surface area (Å²) in [6, 6.07) is 11.2. The zero-order valence-electron chi connectivity index (χ0n) is 18.1. The summed E-state index contributed by atoms with van der Waals surface area (Å²) in [5, 5.41) is 7.17. The second kappa shape index (κ2) is 10.2. The monoisotopic (exact) mass is 481 g/mol. The number of nitrogens with zero attached hydrogens (tertiary/aromatic N) is 2. The van der Waals surface area contributed by atoms with Crippen LogP contribution < -0.4 is 14.8 Å². The first-order valence-electron chi connectivity index (χ1n) is 9.92. The number of rotatable bonds is 7. The van der Waals surface area contributed by atoms with E-state index in [9.17, 15) is 22.8 Å². The standard InChI is InChI=1S/C22H22F3N3O4S/c1-4-18-19(14-8-9-16(31-2)17(11-14)32-3)27-28(21(30)33-18)12-13-6-5-7-15(10-13)26-20(29)22(23,24)25/h5-11,18H,4,12H2,1-3H3,(H,26,29). The molecule has 2 aromatic carbocycles. The molecule has 33 heavy (non-hydrogen) atoms. The molecule has 1 N–H and O–H groups in total. The van der Waals surface area contributed by atoms with Crippen molar-refractivity contribution in [1.82, 2.24) is 5.01 Å². The molecule has 0 aliphatic carbocycles. The van der Waals surface area contributed by atoms with E-state index in [0.717, 1.165) is 17.3 Å². The number of anilines is 1. The van der Waals surface area contributed by atoms with Crippen molar-refractivity contribution >= 4 is 34.3 Å². The van der Waals surface area contributed by atoms with Crippen LogP contribution in [0.25, 0.3) is 0 Å². The second-order valence-corrected chi connectivity index (χ2v) is 8.20. The van der Waals surface area contributed by atoms with Gasteiger partial charge in [0.1, 0.15) is 0 Å². The van der Waals surface area contributed by atoms with Crippen molar-refractivity contribution in [2.24, 2.45) is 5.10 Å². The molecule has 0 fully saturated rings. The van der Waals surface area contributed by atoms with Gasteiger partial charge in [0.05, 0.1) is 31.7 Å². The average molecular weight is 481 g/mol. The molecule has 1 aliphatic heterocycles. The summed E-state index contributed by atoms with van der Waals surface area (Å²) in [4.78, 5) is 23.9.